The van der Waals surface area contributed by atoms with E-state index in [4.69, 9.17) is 0 Å². The van der Waals surface area contributed by atoms with Gasteiger partial charge in [0.25, 0.3) is 0 Å². The highest BCUT2D eigenvalue weighted by Crippen LogP contribution is 2.18. The van der Waals surface area contributed by atoms with E-state index in [0.717, 1.165) is 17.3 Å². The van der Waals surface area contributed by atoms with Gasteiger partial charge in [0.15, 0.2) is 0 Å². The van der Waals surface area contributed by atoms with Crippen LogP contribution in [0.2, 0.25) is 0 Å². The third kappa shape index (κ3) is 2.85. The predicted molar refractivity (Wildman–Crippen MR) is 76.2 cm³/mol. The molecule has 2 aromatic rings. The van der Waals surface area contributed by atoms with Gasteiger partial charge in [0.1, 0.15) is 11.6 Å². The fraction of sp³-hybridized carbons (Fsp3) is 0.0833. The van der Waals surface area contributed by atoms with E-state index < -0.39 is 0 Å². The summed E-state index contributed by atoms with van der Waals surface area (Å²) in [7, 11) is 1.86. The molecule has 0 unspecified atom stereocenters. The van der Waals surface area contributed by atoms with Gasteiger partial charge in [-0.3, -0.25) is 0 Å². The monoisotopic (exact) mass is 325 g/mol. The second kappa shape index (κ2) is 5.16. The lowest BCUT2D eigenvalue weighted by Gasteiger charge is -2.07. The molecule has 0 aliphatic rings. The van der Waals surface area contributed by atoms with Crippen molar-refractivity contribution in [1.82, 2.24) is 4.98 Å². The molecule has 0 saturated carbocycles. The van der Waals surface area contributed by atoms with E-state index in [9.17, 15) is 0 Å². The van der Waals surface area contributed by atoms with Crippen LogP contribution in [0.1, 0.15) is 0 Å². The number of nitrogens with one attached hydrogen (secondary N) is 2. The third-order valence-electron chi connectivity index (χ3n) is 2.10. The minimum absolute atomic E-state index is 0.842. The van der Waals surface area contributed by atoms with Crippen molar-refractivity contribution in [3.63, 3.8) is 0 Å². The van der Waals surface area contributed by atoms with Crippen LogP contribution < -0.4 is 10.6 Å². The molecule has 0 bridgehead atoms. The number of rotatable bonds is 3. The van der Waals surface area contributed by atoms with Crippen molar-refractivity contribution < 1.29 is 0 Å². The first kappa shape index (κ1) is 11.2. The maximum Gasteiger partial charge on any atom is 0.132 e. The van der Waals surface area contributed by atoms with E-state index in [1.54, 1.807) is 0 Å². The zero-order valence-corrected chi connectivity index (χ0v) is 11.0. The van der Waals surface area contributed by atoms with Crippen LogP contribution in [0.15, 0.2) is 42.5 Å². The van der Waals surface area contributed by atoms with Crippen LogP contribution in [0.5, 0.6) is 0 Å². The smallest absolute Gasteiger partial charge is 0.132 e. The van der Waals surface area contributed by atoms with Crippen molar-refractivity contribution in [3.05, 3.63) is 46.0 Å². The molecular weight excluding hydrogens is 313 g/mol. The van der Waals surface area contributed by atoms with Crippen LogP contribution in [0, 0.1) is 3.57 Å². The van der Waals surface area contributed by atoms with Crippen molar-refractivity contribution in [1.29, 1.82) is 0 Å². The molecule has 0 radical (unpaired) electrons. The number of aromatic nitrogens is 1. The summed E-state index contributed by atoms with van der Waals surface area (Å²) in [6, 6.07) is 14.0. The summed E-state index contributed by atoms with van der Waals surface area (Å²) < 4.78 is 1.20. The average Bonchev–Trinajstić information content (AvgIpc) is 2.29. The number of hydrogen-bond donors (Lipinski definition) is 2. The van der Waals surface area contributed by atoms with Gasteiger partial charge in [-0.1, -0.05) is 12.1 Å². The van der Waals surface area contributed by atoms with Gasteiger partial charge in [0.2, 0.25) is 0 Å². The first-order chi connectivity index (χ1) is 7.78. The van der Waals surface area contributed by atoms with Crippen molar-refractivity contribution in [2.75, 3.05) is 17.7 Å². The Morgan fingerprint density at radius 1 is 1.06 bits per heavy atom. The molecule has 2 rings (SSSR count). The van der Waals surface area contributed by atoms with Crippen LogP contribution in [0.25, 0.3) is 0 Å². The average molecular weight is 325 g/mol. The lowest BCUT2D eigenvalue weighted by molar-refractivity contribution is 1.27. The van der Waals surface area contributed by atoms with Gasteiger partial charge in [-0.15, -0.1) is 0 Å². The fourth-order valence-corrected chi connectivity index (χ4v) is 1.90. The Morgan fingerprint density at radius 2 is 1.81 bits per heavy atom. The molecule has 1 aromatic heterocycles. The topological polar surface area (TPSA) is 37.0 Å². The Kier molecular flexibility index (Phi) is 3.61. The van der Waals surface area contributed by atoms with E-state index >= 15 is 0 Å². The molecule has 0 atom stereocenters. The molecule has 82 valence electrons. The van der Waals surface area contributed by atoms with Crippen molar-refractivity contribution in [2.45, 2.75) is 0 Å². The van der Waals surface area contributed by atoms with E-state index in [1.807, 2.05) is 37.4 Å². The number of halogens is 1. The summed E-state index contributed by atoms with van der Waals surface area (Å²) in [5.41, 5.74) is 1.05. The van der Waals surface area contributed by atoms with Crippen molar-refractivity contribution in [2.24, 2.45) is 0 Å². The Labute approximate surface area is 108 Å². The van der Waals surface area contributed by atoms with E-state index in [0.29, 0.717) is 0 Å². The molecule has 3 nitrogen and oxygen atoms in total. The minimum Gasteiger partial charge on any atom is -0.373 e. The van der Waals surface area contributed by atoms with Gasteiger partial charge in [-0.05, 0) is 52.9 Å². The summed E-state index contributed by atoms with van der Waals surface area (Å²) in [4.78, 5) is 4.39. The van der Waals surface area contributed by atoms with Crippen LogP contribution in [-0.2, 0) is 0 Å². The molecular formula is C12H12IN3. The summed E-state index contributed by atoms with van der Waals surface area (Å²) in [6.45, 7) is 0. The van der Waals surface area contributed by atoms with Gasteiger partial charge in [0.05, 0.1) is 0 Å². The Balaban J connectivity index is 2.20. The highest BCUT2D eigenvalue weighted by atomic mass is 127. The molecule has 0 spiro atoms. The van der Waals surface area contributed by atoms with Crippen molar-refractivity contribution >= 4 is 39.9 Å². The van der Waals surface area contributed by atoms with Gasteiger partial charge < -0.3 is 10.6 Å². The molecule has 4 heteroatoms. The first-order valence-electron chi connectivity index (χ1n) is 4.95. The molecule has 0 saturated heterocycles. The van der Waals surface area contributed by atoms with Crippen LogP contribution in [0.3, 0.4) is 0 Å². The Hall–Kier alpha value is -1.30. The molecule has 0 amide bonds. The highest BCUT2D eigenvalue weighted by molar-refractivity contribution is 14.1. The second-order valence-corrected chi connectivity index (χ2v) is 4.54. The summed E-state index contributed by atoms with van der Waals surface area (Å²) in [5.74, 6) is 1.70. The third-order valence-corrected chi connectivity index (χ3v) is 2.77. The van der Waals surface area contributed by atoms with Crippen LogP contribution in [-0.4, -0.2) is 12.0 Å². The number of pyridine rings is 1. The molecule has 0 fully saturated rings. The first-order valence-corrected chi connectivity index (χ1v) is 6.03. The lowest BCUT2D eigenvalue weighted by Crippen LogP contribution is -1.97. The number of anilines is 3. The maximum absolute atomic E-state index is 4.39. The summed E-state index contributed by atoms with van der Waals surface area (Å²) in [6.07, 6.45) is 0. The highest BCUT2D eigenvalue weighted by Gasteiger charge is 1.97. The van der Waals surface area contributed by atoms with Crippen LogP contribution in [0.4, 0.5) is 17.3 Å². The van der Waals surface area contributed by atoms with E-state index in [1.165, 1.54) is 3.57 Å². The van der Waals surface area contributed by atoms with Crippen molar-refractivity contribution in [3.8, 4) is 0 Å². The van der Waals surface area contributed by atoms with Gasteiger partial charge in [0, 0.05) is 16.3 Å². The zero-order valence-electron chi connectivity index (χ0n) is 8.87. The van der Waals surface area contributed by atoms with Gasteiger partial charge >= 0.3 is 0 Å². The quantitative estimate of drug-likeness (QED) is 0.849. The maximum atomic E-state index is 4.39. The molecule has 1 aromatic carbocycles. The van der Waals surface area contributed by atoms with E-state index in [-0.39, 0.29) is 0 Å². The van der Waals surface area contributed by atoms with E-state index in [2.05, 4.69) is 50.3 Å². The van der Waals surface area contributed by atoms with Gasteiger partial charge in [-0.2, -0.15) is 0 Å². The standard InChI is InChI=1S/C12H12IN3/c1-14-11-6-3-7-12(16-11)15-10-5-2-4-9(13)8-10/h2-8H,1H3,(H2,14,15,16). The van der Waals surface area contributed by atoms with Gasteiger partial charge in [-0.25, -0.2) is 4.98 Å². The Morgan fingerprint density at radius 3 is 2.56 bits per heavy atom. The second-order valence-electron chi connectivity index (χ2n) is 3.29. The normalized spacial score (nSPS) is 9.88. The zero-order chi connectivity index (χ0) is 11.4. The molecule has 0 aliphatic heterocycles. The molecule has 16 heavy (non-hydrogen) atoms. The molecule has 2 N–H and O–H groups in total. The fourth-order valence-electron chi connectivity index (χ4n) is 1.36. The molecule has 1 heterocycles. The number of benzene rings is 1. The SMILES string of the molecule is CNc1cccc(Nc2cccc(I)c2)n1. The summed E-state index contributed by atoms with van der Waals surface area (Å²) in [5, 5.41) is 6.28. The lowest BCUT2D eigenvalue weighted by atomic mass is 10.3. The number of hydrogen-bond acceptors (Lipinski definition) is 3. The minimum atomic E-state index is 0.842. The molecule has 0 aliphatic carbocycles. The largest absolute Gasteiger partial charge is 0.373 e. The summed E-state index contributed by atoms with van der Waals surface area (Å²) >= 11 is 2.29. The number of nitrogens with zero attached hydrogens (tertiary/aromatic N) is 1. The van der Waals surface area contributed by atoms with Crippen LogP contribution >= 0.6 is 22.6 Å². The Bertz CT molecular complexity index is 485. The predicted octanol–water partition coefficient (Wildman–Crippen LogP) is 3.47.